The van der Waals surface area contributed by atoms with Crippen LogP contribution in [0.25, 0.3) is 0 Å². The van der Waals surface area contributed by atoms with Gasteiger partial charge in [-0.25, -0.2) is 0 Å². The van der Waals surface area contributed by atoms with E-state index in [4.69, 9.17) is 0 Å². The lowest BCUT2D eigenvalue weighted by atomic mass is 9.83. The van der Waals surface area contributed by atoms with E-state index in [-0.39, 0.29) is 0 Å². The fraction of sp³-hybridized carbons (Fsp3) is 1.00. The van der Waals surface area contributed by atoms with Gasteiger partial charge in [0.1, 0.15) is 0 Å². The van der Waals surface area contributed by atoms with Crippen molar-refractivity contribution in [1.29, 1.82) is 0 Å². The van der Waals surface area contributed by atoms with Crippen LogP contribution in [0.1, 0.15) is 39.0 Å². The molecule has 0 heterocycles. The van der Waals surface area contributed by atoms with E-state index in [0.717, 1.165) is 0 Å². The molecule has 0 unspecified atom stereocenters. The second kappa shape index (κ2) is 5.13. The minimum atomic E-state index is 0.466. The average Bonchev–Trinajstić information content (AvgIpc) is 2.06. The summed E-state index contributed by atoms with van der Waals surface area (Å²) >= 11 is 1.93. The molecule has 0 aromatic carbocycles. The average molecular weight is 187 g/mol. The maximum absolute atomic E-state index is 3.68. The molecule has 0 aliphatic heterocycles. The van der Waals surface area contributed by atoms with Gasteiger partial charge in [-0.3, -0.25) is 0 Å². The van der Waals surface area contributed by atoms with Gasteiger partial charge in [0.2, 0.25) is 0 Å². The van der Waals surface area contributed by atoms with Crippen LogP contribution in [0.4, 0.5) is 0 Å². The van der Waals surface area contributed by atoms with Crippen LogP contribution < -0.4 is 5.32 Å². The molecule has 0 aromatic rings. The Balaban J connectivity index is 2.17. The molecule has 2 heteroatoms. The molecule has 0 amide bonds. The zero-order valence-corrected chi connectivity index (χ0v) is 9.17. The lowest BCUT2D eigenvalue weighted by Gasteiger charge is -2.34. The van der Waals surface area contributed by atoms with E-state index in [1.165, 1.54) is 44.4 Å². The Hall–Kier alpha value is 0.310. The largest absolute Gasteiger partial charge is 0.311 e. The zero-order chi connectivity index (χ0) is 8.86. The Bertz CT molecular complexity index is 119. The quantitative estimate of drug-likeness (QED) is 0.679. The molecule has 1 aliphatic rings. The molecule has 12 heavy (non-hydrogen) atoms. The van der Waals surface area contributed by atoms with Gasteiger partial charge in [-0.1, -0.05) is 19.3 Å². The first kappa shape index (κ1) is 10.4. The van der Waals surface area contributed by atoms with E-state index < -0.39 is 0 Å². The normalized spacial score (nSPS) is 22.5. The highest BCUT2D eigenvalue weighted by Gasteiger charge is 2.25. The molecule has 0 saturated heterocycles. The second-order valence-electron chi connectivity index (χ2n) is 4.04. The molecule has 0 bridgehead atoms. The fourth-order valence-corrected chi connectivity index (χ4v) is 2.27. The van der Waals surface area contributed by atoms with Crippen molar-refractivity contribution in [3.05, 3.63) is 0 Å². The van der Waals surface area contributed by atoms with Gasteiger partial charge in [-0.05, 0) is 26.0 Å². The summed E-state index contributed by atoms with van der Waals surface area (Å²) in [7, 11) is 0. The van der Waals surface area contributed by atoms with Crippen molar-refractivity contribution in [3.8, 4) is 0 Å². The first-order chi connectivity index (χ1) is 5.77. The minimum absolute atomic E-state index is 0.466. The van der Waals surface area contributed by atoms with Gasteiger partial charge in [0.15, 0.2) is 0 Å². The molecule has 0 radical (unpaired) electrons. The summed E-state index contributed by atoms with van der Waals surface area (Å²) in [6, 6.07) is 0. The summed E-state index contributed by atoms with van der Waals surface area (Å²) in [6.45, 7) is 3.56. The first-order valence-corrected chi connectivity index (χ1v) is 6.40. The first-order valence-electron chi connectivity index (χ1n) is 5.01. The van der Waals surface area contributed by atoms with Gasteiger partial charge in [0.05, 0.1) is 0 Å². The van der Waals surface area contributed by atoms with E-state index in [9.17, 15) is 0 Å². The van der Waals surface area contributed by atoms with Crippen molar-refractivity contribution in [3.63, 3.8) is 0 Å². The smallest absolute Gasteiger partial charge is 0.0153 e. The zero-order valence-electron chi connectivity index (χ0n) is 8.36. The molecule has 72 valence electrons. The van der Waals surface area contributed by atoms with Gasteiger partial charge >= 0.3 is 0 Å². The van der Waals surface area contributed by atoms with E-state index in [2.05, 4.69) is 18.5 Å². The Morgan fingerprint density at radius 2 is 1.92 bits per heavy atom. The van der Waals surface area contributed by atoms with E-state index in [0.29, 0.717) is 5.54 Å². The SMILES string of the molecule is CSCCNC1(C)CCCCC1. The summed E-state index contributed by atoms with van der Waals surface area (Å²) in [4.78, 5) is 0. The summed E-state index contributed by atoms with van der Waals surface area (Å²) < 4.78 is 0. The molecule has 1 rings (SSSR count). The standard InChI is InChI=1S/C10H21NS/c1-10(11-8-9-12-2)6-4-3-5-7-10/h11H,3-9H2,1-2H3. The van der Waals surface area contributed by atoms with Crippen molar-refractivity contribution < 1.29 is 0 Å². The lowest BCUT2D eigenvalue weighted by molar-refractivity contribution is 0.260. The van der Waals surface area contributed by atoms with Gasteiger partial charge in [0, 0.05) is 17.8 Å². The topological polar surface area (TPSA) is 12.0 Å². The lowest BCUT2D eigenvalue weighted by Crippen LogP contribution is -2.44. The van der Waals surface area contributed by atoms with Gasteiger partial charge in [0.25, 0.3) is 0 Å². The molecule has 0 atom stereocenters. The van der Waals surface area contributed by atoms with Gasteiger partial charge in [-0.15, -0.1) is 0 Å². The third-order valence-corrected chi connectivity index (χ3v) is 3.43. The molecule has 1 fully saturated rings. The molecule has 1 nitrogen and oxygen atoms in total. The van der Waals surface area contributed by atoms with Crippen molar-refractivity contribution in [2.45, 2.75) is 44.6 Å². The van der Waals surface area contributed by atoms with Crippen molar-refractivity contribution in [2.24, 2.45) is 0 Å². The van der Waals surface area contributed by atoms with Crippen molar-refractivity contribution in [2.75, 3.05) is 18.6 Å². The highest BCUT2D eigenvalue weighted by Crippen LogP contribution is 2.27. The Labute approximate surface area is 80.7 Å². The maximum Gasteiger partial charge on any atom is 0.0153 e. The monoisotopic (exact) mass is 187 g/mol. The van der Waals surface area contributed by atoms with Crippen LogP contribution in [0, 0.1) is 0 Å². The van der Waals surface area contributed by atoms with Crippen LogP contribution in [0.3, 0.4) is 0 Å². The Kier molecular flexibility index (Phi) is 4.44. The third kappa shape index (κ3) is 3.36. The summed E-state index contributed by atoms with van der Waals surface area (Å²) in [5.41, 5.74) is 0.466. The Morgan fingerprint density at radius 3 is 2.50 bits per heavy atom. The molecule has 0 aromatic heterocycles. The molecule has 1 aliphatic carbocycles. The molecular weight excluding hydrogens is 166 g/mol. The van der Waals surface area contributed by atoms with Crippen LogP contribution in [0.5, 0.6) is 0 Å². The molecule has 1 saturated carbocycles. The van der Waals surface area contributed by atoms with E-state index >= 15 is 0 Å². The molecule has 0 spiro atoms. The van der Waals surface area contributed by atoms with Crippen LogP contribution in [-0.2, 0) is 0 Å². The minimum Gasteiger partial charge on any atom is -0.311 e. The number of hydrogen-bond acceptors (Lipinski definition) is 2. The highest BCUT2D eigenvalue weighted by atomic mass is 32.2. The van der Waals surface area contributed by atoms with Crippen molar-refractivity contribution >= 4 is 11.8 Å². The number of thioether (sulfide) groups is 1. The van der Waals surface area contributed by atoms with Gasteiger partial charge in [-0.2, -0.15) is 11.8 Å². The Morgan fingerprint density at radius 1 is 1.25 bits per heavy atom. The predicted molar refractivity (Wildman–Crippen MR) is 57.9 cm³/mol. The van der Waals surface area contributed by atoms with Crippen LogP contribution >= 0.6 is 11.8 Å². The van der Waals surface area contributed by atoms with Crippen molar-refractivity contribution in [1.82, 2.24) is 5.32 Å². The van der Waals surface area contributed by atoms with Crippen LogP contribution in [-0.4, -0.2) is 24.1 Å². The summed E-state index contributed by atoms with van der Waals surface area (Å²) in [5, 5.41) is 3.68. The predicted octanol–water partition coefficient (Wildman–Crippen LogP) is 2.66. The number of nitrogens with one attached hydrogen (secondary N) is 1. The number of rotatable bonds is 4. The van der Waals surface area contributed by atoms with Crippen LogP contribution in [0.2, 0.25) is 0 Å². The van der Waals surface area contributed by atoms with Crippen LogP contribution in [0.15, 0.2) is 0 Å². The molecule has 1 N–H and O–H groups in total. The van der Waals surface area contributed by atoms with Gasteiger partial charge < -0.3 is 5.32 Å². The van der Waals surface area contributed by atoms with E-state index in [1.54, 1.807) is 0 Å². The number of hydrogen-bond donors (Lipinski definition) is 1. The summed E-state index contributed by atoms with van der Waals surface area (Å²) in [5.74, 6) is 1.25. The maximum atomic E-state index is 3.68. The highest BCUT2D eigenvalue weighted by molar-refractivity contribution is 7.98. The molecular formula is C10H21NS. The second-order valence-corrected chi connectivity index (χ2v) is 5.03. The fourth-order valence-electron chi connectivity index (χ4n) is 1.96. The third-order valence-electron chi connectivity index (χ3n) is 2.82. The van der Waals surface area contributed by atoms with E-state index in [1.807, 2.05) is 11.8 Å². The summed E-state index contributed by atoms with van der Waals surface area (Å²) in [6.07, 6.45) is 9.21.